The van der Waals surface area contributed by atoms with Crippen molar-refractivity contribution in [2.24, 2.45) is 0 Å². The number of hydrogen-bond acceptors (Lipinski definition) is 5. The second-order valence-corrected chi connectivity index (χ2v) is 11.0. The first-order valence-electron chi connectivity index (χ1n) is 13.5. The zero-order valence-corrected chi connectivity index (χ0v) is 26.6. The van der Waals surface area contributed by atoms with Crippen LogP contribution in [0.3, 0.4) is 0 Å². The number of carbonyl (C=O) groups is 2. The van der Waals surface area contributed by atoms with Crippen molar-refractivity contribution in [1.82, 2.24) is 9.88 Å². The maximum absolute atomic E-state index is 14.6. The van der Waals surface area contributed by atoms with Crippen LogP contribution in [0.15, 0.2) is 79.1 Å². The molecule has 2 heterocycles. The fourth-order valence-electron chi connectivity index (χ4n) is 5.61. The first-order valence-corrected chi connectivity index (χ1v) is 14.3. The van der Waals surface area contributed by atoms with Gasteiger partial charge in [-0.25, -0.2) is 0 Å². The molecular formula is C33H32Cl3N3O4. The van der Waals surface area contributed by atoms with Crippen LogP contribution in [0.1, 0.15) is 46.5 Å². The van der Waals surface area contributed by atoms with Gasteiger partial charge in [-0.15, -0.1) is 12.4 Å². The lowest BCUT2D eigenvalue weighted by Crippen LogP contribution is -2.41. The molecular weight excluding hydrogens is 609 g/mol. The Labute approximate surface area is 267 Å². The van der Waals surface area contributed by atoms with Gasteiger partial charge >= 0.3 is 0 Å². The summed E-state index contributed by atoms with van der Waals surface area (Å²) in [6.45, 7) is 4.78. The fourth-order valence-corrected chi connectivity index (χ4v) is 6.15. The molecule has 0 aliphatic carbocycles. The number of carbonyl (C=O) groups excluding carboxylic acids is 2. The Hall–Kier alpha value is -3.78. The van der Waals surface area contributed by atoms with Crippen molar-refractivity contribution >= 4 is 53.1 Å². The summed E-state index contributed by atoms with van der Waals surface area (Å²) in [6, 6.07) is 19.8. The minimum absolute atomic E-state index is 0. The van der Waals surface area contributed by atoms with Crippen LogP contribution in [0.4, 0.5) is 5.69 Å². The number of ether oxygens (including phenoxy) is 2. The molecule has 0 spiro atoms. The quantitative estimate of drug-likeness (QED) is 0.191. The number of pyridine rings is 1. The van der Waals surface area contributed by atoms with Crippen molar-refractivity contribution in [1.29, 1.82) is 0 Å². The summed E-state index contributed by atoms with van der Waals surface area (Å²) in [7, 11) is 3.16. The molecule has 0 N–H and O–H groups in total. The third-order valence-electron chi connectivity index (χ3n) is 7.79. The van der Waals surface area contributed by atoms with E-state index in [9.17, 15) is 9.59 Å². The number of amides is 2. The van der Waals surface area contributed by atoms with E-state index in [0.717, 1.165) is 11.1 Å². The van der Waals surface area contributed by atoms with E-state index in [1.54, 1.807) is 72.8 Å². The molecule has 43 heavy (non-hydrogen) atoms. The Morgan fingerprint density at radius 3 is 2.49 bits per heavy atom. The summed E-state index contributed by atoms with van der Waals surface area (Å²) in [5, 5.41) is 0.798. The molecule has 5 rings (SSSR count). The highest BCUT2D eigenvalue weighted by Crippen LogP contribution is 2.50. The highest BCUT2D eigenvalue weighted by molar-refractivity contribution is 6.33. The van der Waals surface area contributed by atoms with E-state index in [0.29, 0.717) is 57.0 Å². The highest BCUT2D eigenvalue weighted by Gasteiger charge is 2.51. The predicted molar refractivity (Wildman–Crippen MR) is 172 cm³/mol. The number of benzene rings is 3. The van der Waals surface area contributed by atoms with E-state index in [-0.39, 0.29) is 30.8 Å². The van der Waals surface area contributed by atoms with Crippen molar-refractivity contribution in [3.8, 4) is 11.5 Å². The maximum atomic E-state index is 14.6. The molecule has 224 valence electrons. The van der Waals surface area contributed by atoms with Gasteiger partial charge in [0.15, 0.2) is 0 Å². The first kappa shape index (κ1) is 32.1. The Morgan fingerprint density at radius 2 is 1.81 bits per heavy atom. The third kappa shape index (κ3) is 5.90. The molecule has 7 nitrogen and oxygen atoms in total. The summed E-state index contributed by atoms with van der Waals surface area (Å²) in [4.78, 5) is 36.3. The molecule has 0 saturated carbocycles. The molecule has 0 unspecified atom stereocenters. The molecule has 1 atom stereocenters. The second-order valence-electron chi connectivity index (χ2n) is 10.2. The molecule has 0 saturated heterocycles. The van der Waals surface area contributed by atoms with E-state index in [4.69, 9.17) is 32.7 Å². The molecule has 0 radical (unpaired) electrons. The normalized spacial score (nSPS) is 15.5. The number of nitrogens with zero attached hydrogens (tertiary/aromatic N) is 3. The summed E-state index contributed by atoms with van der Waals surface area (Å²) in [5.74, 6) is 0.780. The van der Waals surface area contributed by atoms with Gasteiger partial charge in [-0.3, -0.25) is 14.6 Å². The van der Waals surface area contributed by atoms with Crippen LogP contribution in [0, 0.1) is 0 Å². The Bertz CT molecular complexity index is 1650. The van der Waals surface area contributed by atoms with Gasteiger partial charge in [-0.2, -0.15) is 0 Å². The lowest BCUT2D eigenvalue weighted by molar-refractivity contribution is -0.121. The summed E-state index contributed by atoms with van der Waals surface area (Å²) in [5.41, 5.74) is 2.56. The lowest BCUT2D eigenvalue weighted by Gasteiger charge is -2.30. The van der Waals surface area contributed by atoms with Crippen molar-refractivity contribution in [3.05, 3.63) is 117 Å². The van der Waals surface area contributed by atoms with Gasteiger partial charge in [0.05, 0.1) is 20.8 Å². The molecule has 1 aromatic heterocycles. The first-order chi connectivity index (χ1) is 20.2. The number of methoxy groups -OCH3 is 2. The Balaban J connectivity index is 0.00000423. The summed E-state index contributed by atoms with van der Waals surface area (Å²) < 4.78 is 11.0. The van der Waals surface area contributed by atoms with Gasteiger partial charge in [0, 0.05) is 64.0 Å². The second kappa shape index (κ2) is 13.2. The van der Waals surface area contributed by atoms with Crippen LogP contribution >= 0.6 is 35.6 Å². The minimum atomic E-state index is -1.29. The number of anilines is 1. The third-order valence-corrected chi connectivity index (χ3v) is 8.34. The molecule has 0 bridgehead atoms. The summed E-state index contributed by atoms with van der Waals surface area (Å²) >= 11 is 13.4. The van der Waals surface area contributed by atoms with Crippen molar-refractivity contribution in [2.75, 3.05) is 25.7 Å². The van der Waals surface area contributed by atoms with Crippen LogP contribution in [0.5, 0.6) is 11.5 Å². The molecule has 0 fully saturated rings. The van der Waals surface area contributed by atoms with E-state index in [1.807, 2.05) is 44.2 Å². The van der Waals surface area contributed by atoms with Crippen LogP contribution in [-0.4, -0.2) is 42.5 Å². The van der Waals surface area contributed by atoms with Crippen molar-refractivity contribution in [3.63, 3.8) is 0 Å². The van der Waals surface area contributed by atoms with Gasteiger partial charge in [-0.1, -0.05) is 35.3 Å². The van der Waals surface area contributed by atoms with E-state index in [2.05, 4.69) is 4.98 Å². The van der Waals surface area contributed by atoms with E-state index < -0.39 is 5.41 Å². The Kier molecular flexibility index (Phi) is 9.90. The molecule has 1 aliphatic rings. The average molecular weight is 641 g/mol. The molecule has 1 aliphatic heterocycles. The highest BCUT2D eigenvalue weighted by atomic mass is 35.5. The topological polar surface area (TPSA) is 72.0 Å². The van der Waals surface area contributed by atoms with Crippen molar-refractivity contribution < 1.29 is 19.1 Å². The molecule has 10 heteroatoms. The number of hydrogen-bond donors (Lipinski definition) is 0. The van der Waals surface area contributed by atoms with Gasteiger partial charge in [-0.05, 0) is 73.5 Å². The maximum Gasteiger partial charge on any atom is 0.254 e. The standard InChI is InChI=1S/C33H31Cl2N3O4.ClH/c1-5-37(19-21-8-7-15-36-18-21)31(39)25-9-6-10-27(35)30(25)33(2)26-16-23(34)12-14-28(26)38(32(33)40)20-22-11-13-24(41-3)17-29(22)42-4;/h6-18H,5,19-20H2,1-4H3;1H/t33-;/m1./s1. The number of rotatable bonds is 9. The smallest absolute Gasteiger partial charge is 0.254 e. The fraction of sp³-hybridized carbons (Fsp3) is 0.242. The monoisotopic (exact) mass is 639 g/mol. The molecule has 2 amide bonds. The van der Waals surface area contributed by atoms with Gasteiger partial charge < -0.3 is 19.3 Å². The van der Waals surface area contributed by atoms with Gasteiger partial charge in [0.25, 0.3) is 5.91 Å². The van der Waals surface area contributed by atoms with Gasteiger partial charge in [0.1, 0.15) is 16.9 Å². The van der Waals surface area contributed by atoms with E-state index in [1.165, 1.54) is 0 Å². The lowest BCUT2D eigenvalue weighted by atomic mass is 9.75. The molecule has 4 aromatic rings. The minimum Gasteiger partial charge on any atom is -0.497 e. The Morgan fingerprint density at radius 1 is 1.02 bits per heavy atom. The zero-order valence-electron chi connectivity index (χ0n) is 24.3. The molecule has 3 aromatic carbocycles. The van der Waals surface area contributed by atoms with Crippen LogP contribution < -0.4 is 14.4 Å². The SMILES string of the molecule is CCN(Cc1cccnc1)C(=O)c1cccc(Cl)c1[C@]1(C)C(=O)N(Cc2ccc(OC)cc2OC)c2ccc(Cl)cc21.Cl. The predicted octanol–water partition coefficient (Wildman–Crippen LogP) is 7.34. The number of aromatic nitrogens is 1. The average Bonchev–Trinajstić information content (AvgIpc) is 3.21. The zero-order chi connectivity index (χ0) is 30.0. The van der Waals surface area contributed by atoms with Crippen molar-refractivity contribution in [2.45, 2.75) is 32.4 Å². The van der Waals surface area contributed by atoms with Gasteiger partial charge in [0.2, 0.25) is 5.91 Å². The number of fused-ring (bicyclic) bond motifs is 1. The number of halogens is 3. The summed E-state index contributed by atoms with van der Waals surface area (Å²) in [6.07, 6.45) is 3.43. The van der Waals surface area contributed by atoms with E-state index >= 15 is 0 Å². The van der Waals surface area contributed by atoms with Crippen LogP contribution in [-0.2, 0) is 23.3 Å². The van der Waals surface area contributed by atoms with Crippen LogP contribution in [0.25, 0.3) is 0 Å². The largest absolute Gasteiger partial charge is 0.497 e. The van der Waals surface area contributed by atoms with Crippen LogP contribution in [0.2, 0.25) is 10.0 Å².